The van der Waals surface area contributed by atoms with Gasteiger partial charge >= 0.3 is 7.12 Å². The van der Waals surface area contributed by atoms with E-state index in [4.69, 9.17) is 26.1 Å². The Morgan fingerprint density at radius 3 is 2.65 bits per heavy atom. The van der Waals surface area contributed by atoms with E-state index < -0.39 is 15.2 Å². The van der Waals surface area contributed by atoms with Gasteiger partial charge in [0.2, 0.25) is 11.6 Å². The molecule has 0 spiro atoms. The van der Waals surface area contributed by atoms with E-state index in [1.807, 2.05) is 0 Å². The molecule has 0 aliphatic heterocycles. The SMILES string of the molecule is [C-]#[N+]c1cc(B(O)O)cnc1OCOCC[Si](C)(C)C. The monoisotopic (exact) mass is 294 g/mol. The fraction of sp³-hybridized carbons (Fsp3) is 0.500. The summed E-state index contributed by atoms with van der Waals surface area (Å²) in [6.45, 7) is 14.5. The molecule has 0 saturated heterocycles. The maximum Gasteiger partial charge on any atom is 0.488 e. The van der Waals surface area contributed by atoms with Crippen LogP contribution >= 0.6 is 0 Å². The number of pyridine rings is 1. The number of nitrogens with zero attached hydrogens (tertiary/aromatic N) is 2. The molecule has 6 nitrogen and oxygen atoms in total. The average Bonchev–Trinajstić information content (AvgIpc) is 2.36. The second-order valence-electron chi connectivity index (χ2n) is 5.56. The Kier molecular flexibility index (Phi) is 6.16. The van der Waals surface area contributed by atoms with E-state index in [0.29, 0.717) is 6.61 Å². The Morgan fingerprint density at radius 2 is 2.10 bits per heavy atom. The summed E-state index contributed by atoms with van der Waals surface area (Å²) in [6.07, 6.45) is 1.26. The van der Waals surface area contributed by atoms with E-state index in [1.165, 1.54) is 12.3 Å². The van der Waals surface area contributed by atoms with Crippen molar-refractivity contribution < 1.29 is 19.5 Å². The Balaban J connectivity index is 2.50. The van der Waals surface area contributed by atoms with Crippen LogP contribution in [0, 0.1) is 6.57 Å². The van der Waals surface area contributed by atoms with E-state index in [1.54, 1.807) is 0 Å². The lowest BCUT2D eigenvalue weighted by molar-refractivity contribution is 0.0199. The first-order chi connectivity index (χ1) is 9.33. The highest BCUT2D eigenvalue weighted by molar-refractivity contribution is 6.76. The highest BCUT2D eigenvalue weighted by atomic mass is 28.3. The maximum atomic E-state index is 9.01. The van der Waals surface area contributed by atoms with Crippen LogP contribution in [-0.4, -0.2) is 43.6 Å². The van der Waals surface area contributed by atoms with E-state index >= 15 is 0 Å². The lowest BCUT2D eigenvalue weighted by Gasteiger charge is -2.15. The topological polar surface area (TPSA) is 76.2 Å². The lowest BCUT2D eigenvalue weighted by Crippen LogP contribution is -2.30. The molecule has 1 aromatic heterocycles. The van der Waals surface area contributed by atoms with Crippen LogP contribution in [-0.2, 0) is 4.74 Å². The van der Waals surface area contributed by atoms with Gasteiger partial charge in [-0.2, -0.15) is 0 Å². The lowest BCUT2D eigenvalue weighted by atomic mass is 9.81. The first-order valence-corrected chi connectivity index (χ1v) is 9.98. The number of aromatic nitrogens is 1. The van der Waals surface area contributed by atoms with Gasteiger partial charge in [0.1, 0.15) is 0 Å². The summed E-state index contributed by atoms with van der Waals surface area (Å²) in [5, 5.41) is 18.0. The van der Waals surface area contributed by atoms with Gasteiger partial charge in [-0.05, 0) is 17.6 Å². The van der Waals surface area contributed by atoms with Gasteiger partial charge in [0.25, 0.3) is 0 Å². The summed E-state index contributed by atoms with van der Waals surface area (Å²) in [5.41, 5.74) is 0.285. The predicted molar refractivity (Wildman–Crippen MR) is 79.9 cm³/mol. The van der Waals surface area contributed by atoms with Crippen molar-refractivity contribution in [3.63, 3.8) is 0 Å². The molecule has 0 aliphatic carbocycles. The second-order valence-corrected chi connectivity index (χ2v) is 11.2. The zero-order chi connectivity index (χ0) is 15.2. The fourth-order valence-electron chi connectivity index (χ4n) is 1.32. The van der Waals surface area contributed by atoms with Gasteiger partial charge in [0, 0.05) is 20.9 Å². The van der Waals surface area contributed by atoms with Crippen LogP contribution in [0.5, 0.6) is 5.88 Å². The molecule has 0 atom stereocenters. The van der Waals surface area contributed by atoms with Gasteiger partial charge in [-0.3, -0.25) is 0 Å². The molecule has 0 aromatic carbocycles. The summed E-state index contributed by atoms with van der Waals surface area (Å²) in [5.74, 6) is 0.136. The third kappa shape index (κ3) is 5.71. The molecule has 0 radical (unpaired) electrons. The molecular formula is C12H19BN2O4Si. The third-order valence-electron chi connectivity index (χ3n) is 2.55. The van der Waals surface area contributed by atoms with Gasteiger partial charge in [-0.1, -0.05) is 19.6 Å². The molecule has 0 aliphatic rings. The molecule has 1 aromatic rings. The molecular weight excluding hydrogens is 275 g/mol. The molecule has 0 saturated carbocycles. The summed E-state index contributed by atoms with van der Waals surface area (Å²) >= 11 is 0. The van der Waals surface area contributed by atoms with Crippen molar-refractivity contribution in [3.05, 3.63) is 23.7 Å². The van der Waals surface area contributed by atoms with Crippen molar-refractivity contribution in [1.29, 1.82) is 0 Å². The minimum absolute atomic E-state index is 0.0288. The van der Waals surface area contributed by atoms with Crippen molar-refractivity contribution in [2.24, 2.45) is 0 Å². The van der Waals surface area contributed by atoms with Gasteiger partial charge in [-0.15, -0.1) is 0 Å². The smallest absolute Gasteiger partial charge is 0.459 e. The molecule has 0 unspecified atom stereocenters. The van der Waals surface area contributed by atoms with E-state index in [9.17, 15) is 0 Å². The molecule has 1 rings (SSSR count). The van der Waals surface area contributed by atoms with Crippen molar-refractivity contribution in [1.82, 2.24) is 4.98 Å². The van der Waals surface area contributed by atoms with Gasteiger partial charge in [0.05, 0.1) is 6.57 Å². The van der Waals surface area contributed by atoms with Crippen molar-refractivity contribution >= 4 is 26.3 Å². The average molecular weight is 294 g/mol. The Labute approximate surface area is 120 Å². The first-order valence-electron chi connectivity index (χ1n) is 6.27. The van der Waals surface area contributed by atoms with Crippen LogP contribution in [0.4, 0.5) is 5.69 Å². The first kappa shape index (κ1) is 16.7. The molecule has 1 heterocycles. The van der Waals surface area contributed by atoms with E-state index in [0.717, 1.165) is 6.04 Å². The van der Waals surface area contributed by atoms with Crippen LogP contribution in [0.1, 0.15) is 0 Å². The van der Waals surface area contributed by atoms with Gasteiger partial charge in [0.15, 0.2) is 6.79 Å². The number of hydrogen-bond acceptors (Lipinski definition) is 5. The molecule has 0 amide bonds. The highest BCUT2D eigenvalue weighted by Gasteiger charge is 2.15. The Morgan fingerprint density at radius 1 is 1.40 bits per heavy atom. The van der Waals surface area contributed by atoms with Crippen LogP contribution in [0.2, 0.25) is 25.7 Å². The predicted octanol–water partition coefficient (Wildman–Crippen LogP) is 1.00. The van der Waals surface area contributed by atoms with Crippen molar-refractivity contribution in [3.8, 4) is 5.88 Å². The highest BCUT2D eigenvalue weighted by Crippen LogP contribution is 2.23. The zero-order valence-electron chi connectivity index (χ0n) is 12.0. The summed E-state index contributed by atoms with van der Waals surface area (Å²) in [6, 6.07) is 2.37. The third-order valence-corrected chi connectivity index (χ3v) is 4.25. The molecule has 2 N–H and O–H groups in total. The minimum Gasteiger partial charge on any atom is -0.459 e. The van der Waals surface area contributed by atoms with Crippen LogP contribution in [0.15, 0.2) is 12.3 Å². The summed E-state index contributed by atoms with van der Waals surface area (Å²) in [7, 11) is -2.77. The fourth-order valence-corrected chi connectivity index (χ4v) is 2.08. The van der Waals surface area contributed by atoms with Crippen LogP contribution in [0.25, 0.3) is 4.85 Å². The van der Waals surface area contributed by atoms with Crippen LogP contribution in [0.3, 0.4) is 0 Å². The normalized spacial score (nSPS) is 11.0. The standard InChI is InChI=1S/C12H19BN2O4Si/c1-14-11-7-10(13(16)17)8-15-12(11)19-9-18-5-6-20(2,3)4/h7-8,16-17H,5-6,9H2,2-4H3. The largest absolute Gasteiger partial charge is 0.488 e. The van der Waals surface area contributed by atoms with Gasteiger partial charge in [-0.25, -0.2) is 9.83 Å². The minimum atomic E-state index is -1.65. The molecule has 108 valence electrons. The Bertz CT molecular complexity index is 485. The van der Waals surface area contributed by atoms with Gasteiger partial charge < -0.3 is 19.5 Å². The van der Waals surface area contributed by atoms with E-state index in [2.05, 4.69) is 29.5 Å². The number of ether oxygens (including phenoxy) is 2. The number of hydrogen-bond donors (Lipinski definition) is 2. The molecule has 0 bridgehead atoms. The summed E-state index contributed by atoms with van der Waals surface area (Å²) in [4.78, 5) is 7.13. The summed E-state index contributed by atoms with van der Waals surface area (Å²) < 4.78 is 10.6. The van der Waals surface area contributed by atoms with Crippen LogP contribution < -0.4 is 10.2 Å². The molecule has 20 heavy (non-hydrogen) atoms. The van der Waals surface area contributed by atoms with Crippen molar-refractivity contribution in [2.75, 3.05) is 13.4 Å². The Hall–Kier alpha value is -1.40. The van der Waals surface area contributed by atoms with E-state index in [-0.39, 0.29) is 23.8 Å². The second kappa shape index (κ2) is 7.40. The van der Waals surface area contributed by atoms with Crippen molar-refractivity contribution in [2.45, 2.75) is 25.7 Å². The zero-order valence-corrected chi connectivity index (χ0v) is 13.0. The maximum absolute atomic E-state index is 9.01. The molecule has 0 fully saturated rings. The molecule has 8 heteroatoms. The quantitative estimate of drug-likeness (QED) is 0.340. The number of rotatable bonds is 7.